The molecule has 1 amide bonds. The predicted molar refractivity (Wildman–Crippen MR) is 66.0 cm³/mol. The van der Waals surface area contributed by atoms with Gasteiger partial charge < -0.3 is 10.6 Å². The quantitative estimate of drug-likeness (QED) is 0.775. The molecular formula is C11H22N2OS. The number of piperidine rings is 1. The molecule has 0 spiro atoms. The van der Waals surface area contributed by atoms with E-state index in [2.05, 4.69) is 6.92 Å². The number of thioether (sulfide) groups is 1. The number of likely N-dealkylation sites (tertiary alicyclic amines) is 1. The third-order valence-corrected chi connectivity index (χ3v) is 3.99. The molecule has 0 aromatic rings. The summed E-state index contributed by atoms with van der Waals surface area (Å²) in [4.78, 5) is 13.7. The highest BCUT2D eigenvalue weighted by atomic mass is 32.2. The van der Waals surface area contributed by atoms with Gasteiger partial charge in [-0.3, -0.25) is 4.79 Å². The Morgan fingerprint density at radius 1 is 1.40 bits per heavy atom. The van der Waals surface area contributed by atoms with Crippen molar-refractivity contribution in [2.75, 3.05) is 31.1 Å². The Bertz CT molecular complexity index is 193. The van der Waals surface area contributed by atoms with Gasteiger partial charge in [0.15, 0.2) is 0 Å². The maximum absolute atomic E-state index is 11.7. The molecule has 4 heteroatoms. The van der Waals surface area contributed by atoms with Gasteiger partial charge in [0.25, 0.3) is 0 Å². The van der Waals surface area contributed by atoms with Crippen LogP contribution in [0, 0.1) is 5.92 Å². The van der Waals surface area contributed by atoms with Gasteiger partial charge in [-0.25, -0.2) is 0 Å². The molecule has 1 fully saturated rings. The van der Waals surface area contributed by atoms with Crippen molar-refractivity contribution in [2.24, 2.45) is 11.7 Å². The summed E-state index contributed by atoms with van der Waals surface area (Å²) in [5.74, 6) is 2.45. The fourth-order valence-electron chi connectivity index (χ4n) is 1.65. The first-order valence-electron chi connectivity index (χ1n) is 5.79. The SMILES string of the molecule is CC(CN)CSCC(=O)N1CCCCC1. The van der Waals surface area contributed by atoms with E-state index in [1.54, 1.807) is 11.8 Å². The molecule has 1 saturated heterocycles. The number of nitrogens with zero attached hydrogens (tertiary/aromatic N) is 1. The molecule has 1 aliphatic heterocycles. The number of amides is 1. The van der Waals surface area contributed by atoms with Crippen molar-refractivity contribution in [2.45, 2.75) is 26.2 Å². The van der Waals surface area contributed by atoms with E-state index < -0.39 is 0 Å². The van der Waals surface area contributed by atoms with E-state index in [9.17, 15) is 4.79 Å². The highest BCUT2D eigenvalue weighted by molar-refractivity contribution is 7.99. The number of nitrogens with two attached hydrogens (primary N) is 1. The molecule has 0 aromatic carbocycles. The maximum atomic E-state index is 11.7. The van der Waals surface area contributed by atoms with Crippen molar-refractivity contribution in [1.29, 1.82) is 0 Å². The third kappa shape index (κ3) is 4.89. The second kappa shape index (κ2) is 7.12. The van der Waals surface area contributed by atoms with E-state index in [1.165, 1.54) is 19.3 Å². The van der Waals surface area contributed by atoms with Gasteiger partial charge in [0.1, 0.15) is 0 Å². The zero-order valence-corrected chi connectivity index (χ0v) is 10.4. The second-order valence-electron chi connectivity index (χ2n) is 4.30. The molecule has 1 atom stereocenters. The van der Waals surface area contributed by atoms with Crippen molar-refractivity contribution in [3.05, 3.63) is 0 Å². The molecule has 88 valence electrons. The number of rotatable bonds is 5. The first kappa shape index (κ1) is 12.8. The average Bonchev–Trinajstić information content (AvgIpc) is 2.29. The number of hydrogen-bond acceptors (Lipinski definition) is 3. The standard InChI is InChI=1S/C11H22N2OS/c1-10(7-12)8-15-9-11(14)13-5-3-2-4-6-13/h10H,2-9,12H2,1H3. The topological polar surface area (TPSA) is 46.3 Å². The predicted octanol–water partition coefficient (Wildman–Crippen LogP) is 1.33. The van der Waals surface area contributed by atoms with Crippen molar-refractivity contribution < 1.29 is 4.79 Å². The normalized spacial score (nSPS) is 18.9. The van der Waals surface area contributed by atoms with Gasteiger partial charge in [-0.1, -0.05) is 6.92 Å². The van der Waals surface area contributed by atoms with Gasteiger partial charge in [0.2, 0.25) is 5.91 Å². The summed E-state index contributed by atoms with van der Waals surface area (Å²) in [6, 6.07) is 0. The van der Waals surface area contributed by atoms with Gasteiger partial charge in [0, 0.05) is 13.1 Å². The van der Waals surface area contributed by atoms with Crippen LogP contribution in [0.25, 0.3) is 0 Å². The Hall–Kier alpha value is -0.220. The summed E-state index contributed by atoms with van der Waals surface area (Å²) in [5, 5.41) is 0. The summed E-state index contributed by atoms with van der Waals surface area (Å²) < 4.78 is 0. The van der Waals surface area contributed by atoms with Crippen molar-refractivity contribution >= 4 is 17.7 Å². The molecule has 15 heavy (non-hydrogen) atoms. The van der Waals surface area contributed by atoms with Gasteiger partial charge in [-0.05, 0) is 37.5 Å². The molecule has 1 rings (SSSR count). The van der Waals surface area contributed by atoms with Crippen molar-refractivity contribution in [3.8, 4) is 0 Å². The lowest BCUT2D eigenvalue weighted by Crippen LogP contribution is -2.36. The Kier molecular flexibility index (Phi) is 6.10. The summed E-state index contributed by atoms with van der Waals surface area (Å²) in [7, 11) is 0. The molecule has 0 aliphatic carbocycles. The summed E-state index contributed by atoms with van der Waals surface area (Å²) in [5.41, 5.74) is 5.52. The van der Waals surface area contributed by atoms with Crippen LogP contribution in [0.1, 0.15) is 26.2 Å². The van der Waals surface area contributed by atoms with Gasteiger partial charge in [-0.2, -0.15) is 11.8 Å². The fraction of sp³-hybridized carbons (Fsp3) is 0.909. The van der Waals surface area contributed by atoms with Crippen LogP contribution in [0.4, 0.5) is 0 Å². The lowest BCUT2D eigenvalue weighted by Gasteiger charge is -2.26. The summed E-state index contributed by atoms with van der Waals surface area (Å²) in [6.45, 7) is 4.76. The zero-order valence-electron chi connectivity index (χ0n) is 9.58. The van der Waals surface area contributed by atoms with Crippen LogP contribution in [-0.4, -0.2) is 41.9 Å². The van der Waals surface area contributed by atoms with E-state index >= 15 is 0 Å². The van der Waals surface area contributed by atoms with Crippen molar-refractivity contribution in [3.63, 3.8) is 0 Å². The minimum Gasteiger partial charge on any atom is -0.342 e. The number of hydrogen-bond donors (Lipinski definition) is 1. The third-order valence-electron chi connectivity index (χ3n) is 2.74. The van der Waals surface area contributed by atoms with E-state index in [-0.39, 0.29) is 0 Å². The molecule has 2 N–H and O–H groups in total. The first-order chi connectivity index (χ1) is 7.24. The van der Waals surface area contributed by atoms with Crippen LogP contribution in [0.2, 0.25) is 0 Å². The Labute approximate surface area is 96.8 Å². The first-order valence-corrected chi connectivity index (χ1v) is 6.95. The van der Waals surface area contributed by atoms with Gasteiger partial charge in [-0.15, -0.1) is 0 Å². The second-order valence-corrected chi connectivity index (χ2v) is 5.33. The largest absolute Gasteiger partial charge is 0.342 e. The van der Waals surface area contributed by atoms with Crippen molar-refractivity contribution in [1.82, 2.24) is 4.90 Å². The zero-order chi connectivity index (χ0) is 11.1. The lowest BCUT2D eigenvalue weighted by atomic mass is 10.1. The van der Waals surface area contributed by atoms with E-state index in [0.29, 0.717) is 24.1 Å². The Morgan fingerprint density at radius 3 is 2.67 bits per heavy atom. The van der Waals surface area contributed by atoms with E-state index in [4.69, 9.17) is 5.73 Å². The average molecular weight is 230 g/mol. The van der Waals surface area contributed by atoms with E-state index in [0.717, 1.165) is 18.8 Å². The highest BCUT2D eigenvalue weighted by Gasteiger charge is 2.16. The summed E-state index contributed by atoms with van der Waals surface area (Å²) in [6.07, 6.45) is 3.63. The highest BCUT2D eigenvalue weighted by Crippen LogP contribution is 2.12. The minimum atomic E-state index is 0.309. The van der Waals surface area contributed by atoms with Crippen LogP contribution < -0.4 is 5.73 Å². The molecule has 1 heterocycles. The van der Waals surface area contributed by atoms with E-state index in [1.807, 2.05) is 4.90 Å². The smallest absolute Gasteiger partial charge is 0.232 e. The molecule has 0 aromatic heterocycles. The minimum absolute atomic E-state index is 0.309. The molecule has 0 bridgehead atoms. The fourth-order valence-corrected chi connectivity index (χ4v) is 2.66. The molecule has 0 saturated carbocycles. The number of carbonyl (C=O) groups is 1. The van der Waals surface area contributed by atoms with Crippen LogP contribution in [0.15, 0.2) is 0 Å². The van der Waals surface area contributed by atoms with Crippen LogP contribution >= 0.6 is 11.8 Å². The maximum Gasteiger partial charge on any atom is 0.232 e. The Morgan fingerprint density at radius 2 is 2.07 bits per heavy atom. The molecule has 1 aliphatic rings. The van der Waals surface area contributed by atoms with Gasteiger partial charge in [0.05, 0.1) is 5.75 Å². The van der Waals surface area contributed by atoms with Crippen LogP contribution in [0.3, 0.4) is 0 Å². The van der Waals surface area contributed by atoms with Crippen LogP contribution in [-0.2, 0) is 4.79 Å². The molecular weight excluding hydrogens is 208 g/mol. The lowest BCUT2D eigenvalue weighted by molar-refractivity contribution is -0.129. The number of carbonyl (C=O) groups excluding carboxylic acids is 1. The van der Waals surface area contributed by atoms with Gasteiger partial charge >= 0.3 is 0 Å². The monoisotopic (exact) mass is 230 g/mol. The molecule has 1 unspecified atom stereocenters. The Balaban J connectivity index is 2.12. The molecule has 0 radical (unpaired) electrons. The summed E-state index contributed by atoms with van der Waals surface area (Å²) >= 11 is 1.72. The van der Waals surface area contributed by atoms with Crippen LogP contribution in [0.5, 0.6) is 0 Å². The molecule has 3 nitrogen and oxygen atoms in total.